The lowest BCUT2D eigenvalue weighted by molar-refractivity contribution is -0.119. The van der Waals surface area contributed by atoms with Crippen molar-refractivity contribution in [2.75, 3.05) is 6.61 Å². The molecule has 2 fully saturated rings. The lowest BCUT2D eigenvalue weighted by Gasteiger charge is -2.32. The summed E-state index contributed by atoms with van der Waals surface area (Å²) in [6.07, 6.45) is 4.52. The van der Waals surface area contributed by atoms with E-state index in [1.165, 1.54) is 6.07 Å². The molecular weight excluding hydrogens is 314 g/mol. The van der Waals surface area contributed by atoms with Crippen LogP contribution in [0, 0.1) is 11.6 Å². The van der Waals surface area contributed by atoms with E-state index in [-0.39, 0.29) is 24.1 Å². The number of ether oxygens (including phenoxy) is 1. The summed E-state index contributed by atoms with van der Waals surface area (Å²) in [6, 6.07) is 4.72. The van der Waals surface area contributed by atoms with E-state index in [0.29, 0.717) is 18.2 Å². The zero-order valence-corrected chi connectivity index (χ0v) is 13.9. The van der Waals surface area contributed by atoms with Crippen LogP contribution in [0.2, 0.25) is 0 Å². The van der Waals surface area contributed by atoms with E-state index in [0.717, 1.165) is 38.2 Å². The molecule has 0 unspecified atom stereocenters. The Balaban J connectivity index is 1.57. The first-order chi connectivity index (χ1) is 11.5. The van der Waals surface area contributed by atoms with Crippen molar-refractivity contribution < 1.29 is 18.3 Å². The van der Waals surface area contributed by atoms with E-state index in [2.05, 4.69) is 10.6 Å². The van der Waals surface area contributed by atoms with Crippen molar-refractivity contribution in [1.82, 2.24) is 10.6 Å². The highest BCUT2D eigenvalue weighted by atomic mass is 19.2. The minimum absolute atomic E-state index is 0.0222. The summed E-state index contributed by atoms with van der Waals surface area (Å²) < 4.78 is 32.4. The Morgan fingerprint density at radius 3 is 2.46 bits per heavy atom. The van der Waals surface area contributed by atoms with E-state index in [9.17, 15) is 13.6 Å². The Hall–Kier alpha value is -1.53. The number of carbonyl (C=O) groups excluding carboxylic acids is 1. The Morgan fingerprint density at radius 2 is 1.79 bits per heavy atom. The first-order valence-electron chi connectivity index (χ1n) is 8.62. The van der Waals surface area contributed by atoms with Gasteiger partial charge in [-0.25, -0.2) is 8.78 Å². The van der Waals surface area contributed by atoms with E-state index in [1.54, 1.807) is 13.0 Å². The Morgan fingerprint density at radius 1 is 1.08 bits per heavy atom. The highest BCUT2D eigenvalue weighted by Gasteiger charge is 2.33. The molecule has 1 heterocycles. The van der Waals surface area contributed by atoms with Crippen molar-refractivity contribution in [3.8, 4) is 0 Å². The van der Waals surface area contributed by atoms with Crippen molar-refractivity contribution in [2.24, 2.45) is 0 Å². The second-order valence-corrected chi connectivity index (χ2v) is 6.78. The van der Waals surface area contributed by atoms with Crippen LogP contribution in [0.1, 0.15) is 50.7 Å². The van der Waals surface area contributed by atoms with Crippen LogP contribution in [-0.2, 0) is 9.53 Å². The maximum atomic E-state index is 13.5. The van der Waals surface area contributed by atoms with Crippen LogP contribution in [0.5, 0.6) is 0 Å². The molecule has 1 aromatic carbocycles. The molecule has 0 bridgehead atoms. The molecule has 1 saturated heterocycles. The molecule has 1 amide bonds. The number of hydrogen-bond acceptors (Lipinski definition) is 3. The van der Waals surface area contributed by atoms with Crippen molar-refractivity contribution in [1.29, 1.82) is 0 Å². The Kier molecular flexibility index (Phi) is 5.46. The van der Waals surface area contributed by atoms with Crippen molar-refractivity contribution >= 4 is 5.91 Å². The van der Waals surface area contributed by atoms with Gasteiger partial charge in [-0.1, -0.05) is 6.07 Å². The summed E-state index contributed by atoms with van der Waals surface area (Å²) >= 11 is 0. The van der Waals surface area contributed by atoms with Crippen LogP contribution in [-0.4, -0.2) is 30.6 Å². The largest absolute Gasteiger partial charge is 0.372 e. The molecular formula is C18H24F2N2O2. The normalized spacial score (nSPS) is 30.3. The van der Waals surface area contributed by atoms with Gasteiger partial charge in [-0.3, -0.25) is 4.79 Å². The van der Waals surface area contributed by atoms with Gasteiger partial charge in [0.1, 0.15) is 0 Å². The van der Waals surface area contributed by atoms with Gasteiger partial charge in [-0.2, -0.15) is 0 Å². The fraction of sp³-hybridized carbons (Fsp3) is 0.611. The minimum atomic E-state index is -0.836. The molecule has 132 valence electrons. The maximum absolute atomic E-state index is 13.5. The highest BCUT2D eigenvalue weighted by molar-refractivity contribution is 5.73. The quantitative estimate of drug-likeness (QED) is 0.888. The molecule has 1 aromatic rings. The van der Waals surface area contributed by atoms with Crippen LogP contribution in [0.25, 0.3) is 0 Å². The first-order valence-corrected chi connectivity index (χ1v) is 8.62. The maximum Gasteiger partial charge on any atom is 0.217 e. The van der Waals surface area contributed by atoms with Crippen molar-refractivity contribution in [3.63, 3.8) is 0 Å². The lowest BCUT2D eigenvalue weighted by Crippen LogP contribution is -2.45. The molecule has 0 radical (unpaired) electrons. The van der Waals surface area contributed by atoms with Gasteiger partial charge in [-0.05, 0) is 49.8 Å². The molecule has 2 atom stereocenters. The van der Waals surface area contributed by atoms with Gasteiger partial charge in [0.2, 0.25) is 5.91 Å². The topological polar surface area (TPSA) is 50.4 Å². The molecule has 2 aliphatic rings. The molecule has 0 aromatic heterocycles. The second kappa shape index (κ2) is 7.57. The second-order valence-electron chi connectivity index (χ2n) is 6.78. The standard InChI is InChI=1S/C18H24F2N2O2/c1-11(23)21-13-3-5-14(6-4-13)22-17-8-9-24-18(17)12-2-7-15(19)16(20)10-12/h2,7,10,13-14,17-18,22H,3-6,8-9H2,1H3,(H,21,23)/t13?,14?,17-,18-/m0/s1. The van der Waals surface area contributed by atoms with Crippen molar-refractivity contribution in [2.45, 2.75) is 63.3 Å². The monoisotopic (exact) mass is 338 g/mol. The van der Waals surface area contributed by atoms with Crippen molar-refractivity contribution in [3.05, 3.63) is 35.4 Å². The SMILES string of the molecule is CC(=O)NC1CCC(N[C@H]2CCO[C@H]2c2ccc(F)c(F)c2)CC1. The molecule has 3 rings (SSSR count). The molecule has 1 aliphatic heterocycles. The van der Waals surface area contributed by atoms with Crippen LogP contribution >= 0.6 is 0 Å². The summed E-state index contributed by atoms with van der Waals surface area (Å²) in [4.78, 5) is 11.1. The van der Waals surface area contributed by atoms with E-state index < -0.39 is 11.6 Å². The average molecular weight is 338 g/mol. The third-order valence-corrected chi connectivity index (χ3v) is 4.95. The summed E-state index contributed by atoms with van der Waals surface area (Å²) in [7, 11) is 0. The van der Waals surface area contributed by atoms with Gasteiger partial charge in [0, 0.05) is 31.7 Å². The fourth-order valence-corrected chi connectivity index (χ4v) is 3.77. The first kappa shape index (κ1) is 17.3. The number of carbonyl (C=O) groups is 1. The molecule has 6 heteroatoms. The van der Waals surface area contributed by atoms with Gasteiger partial charge in [0.05, 0.1) is 6.10 Å². The summed E-state index contributed by atoms with van der Waals surface area (Å²) in [5.41, 5.74) is 0.677. The van der Waals surface area contributed by atoms with Gasteiger partial charge in [0.25, 0.3) is 0 Å². The van der Waals surface area contributed by atoms with Gasteiger partial charge in [0.15, 0.2) is 11.6 Å². The molecule has 0 spiro atoms. The molecule has 24 heavy (non-hydrogen) atoms. The third-order valence-electron chi connectivity index (χ3n) is 4.95. The van der Waals surface area contributed by atoms with Gasteiger partial charge >= 0.3 is 0 Å². The number of hydrogen-bond donors (Lipinski definition) is 2. The van der Waals surface area contributed by atoms with E-state index >= 15 is 0 Å². The van der Waals surface area contributed by atoms with Crippen LogP contribution in [0.4, 0.5) is 8.78 Å². The Bertz CT molecular complexity index is 588. The molecule has 4 nitrogen and oxygen atoms in total. The lowest BCUT2D eigenvalue weighted by atomic mass is 9.89. The predicted octanol–water partition coefficient (Wildman–Crippen LogP) is 2.83. The summed E-state index contributed by atoms with van der Waals surface area (Å²) in [5.74, 6) is -1.65. The predicted molar refractivity (Wildman–Crippen MR) is 86.5 cm³/mol. The smallest absolute Gasteiger partial charge is 0.217 e. The molecule has 2 N–H and O–H groups in total. The van der Waals surface area contributed by atoms with E-state index in [1.807, 2.05) is 0 Å². The number of benzene rings is 1. The average Bonchev–Trinajstić information content (AvgIpc) is 2.99. The van der Waals surface area contributed by atoms with Crippen LogP contribution in [0.3, 0.4) is 0 Å². The number of nitrogens with one attached hydrogen (secondary N) is 2. The number of amides is 1. The zero-order chi connectivity index (χ0) is 17.1. The molecule has 1 saturated carbocycles. The highest BCUT2D eigenvalue weighted by Crippen LogP contribution is 2.31. The van der Waals surface area contributed by atoms with Crippen LogP contribution in [0.15, 0.2) is 18.2 Å². The summed E-state index contributed by atoms with van der Waals surface area (Å²) in [6.45, 7) is 2.16. The zero-order valence-electron chi connectivity index (χ0n) is 13.9. The third kappa shape index (κ3) is 4.11. The minimum Gasteiger partial charge on any atom is -0.372 e. The number of rotatable bonds is 4. The molecule has 1 aliphatic carbocycles. The Labute approximate surface area is 141 Å². The fourth-order valence-electron chi connectivity index (χ4n) is 3.77. The van der Waals surface area contributed by atoms with Crippen LogP contribution < -0.4 is 10.6 Å². The van der Waals surface area contributed by atoms with Gasteiger partial charge < -0.3 is 15.4 Å². The number of halogens is 2. The van der Waals surface area contributed by atoms with Gasteiger partial charge in [-0.15, -0.1) is 0 Å². The van der Waals surface area contributed by atoms with E-state index in [4.69, 9.17) is 4.74 Å². The summed E-state index contributed by atoms with van der Waals surface area (Å²) in [5, 5.41) is 6.59.